The van der Waals surface area contributed by atoms with Crippen LogP contribution in [0.3, 0.4) is 0 Å². The fraction of sp³-hybridized carbons (Fsp3) is 0.211. The Labute approximate surface area is 144 Å². The number of hydrogen-bond donors (Lipinski definition) is 1. The van der Waals surface area contributed by atoms with Crippen LogP contribution in [0.1, 0.15) is 17.9 Å². The van der Waals surface area contributed by atoms with E-state index in [9.17, 15) is 9.59 Å². The van der Waals surface area contributed by atoms with Crippen molar-refractivity contribution in [3.05, 3.63) is 60.0 Å². The Kier molecular flexibility index (Phi) is 5.09. The van der Waals surface area contributed by atoms with Gasteiger partial charge in [-0.3, -0.25) is 9.59 Å². The minimum atomic E-state index is -0.471. The summed E-state index contributed by atoms with van der Waals surface area (Å²) in [7, 11) is 0. The molecule has 0 atom stereocenters. The Balaban J connectivity index is 1.43. The molecule has 6 nitrogen and oxygen atoms in total. The van der Waals surface area contributed by atoms with E-state index in [1.54, 1.807) is 12.1 Å². The number of oxazole rings is 1. The molecule has 0 spiro atoms. The second-order valence-electron chi connectivity index (χ2n) is 5.65. The van der Waals surface area contributed by atoms with Gasteiger partial charge in [0.15, 0.2) is 18.1 Å². The lowest BCUT2D eigenvalue weighted by Crippen LogP contribution is -2.21. The third kappa shape index (κ3) is 4.67. The number of para-hydroxylation sites is 2. The van der Waals surface area contributed by atoms with E-state index in [2.05, 4.69) is 10.3 Å². The Morgan fingerprint density at radius 3 is 2.64 bits per heavy atom. The van der Waals surface area contributed by atoms with Crippen LogP contribution in [0.2, 0.25) is 0 Å². The Morgan fingerprint density at radius 1 is 1.12 bits per heavy atom. The highest BCUT2D eigenvalue weighted by molar-refractivity contribution is 5.92. The maximum atomic E-state index is 11.8. The zero-order valence-electron chi connectivity index (χ0n) is 13.8. The van der Waals surface area contributed by atoms with Crippen LogP contribution in [0, 0.1) is 6.92 Å². The summed E-state index contributed by atoms with van der Waals surface area (Å²) in [6.07, 6.45) is 0.428. The largest absolute Gasteiger partial charge is 0.456 e. The van der Waals surface area contributed by atoms with Gasteiger partial charge in [0.2, 0.25) is 0 Å². The van der Waals surface area contributed by atoms with E-state index in [-0.39, 0.29) is 18.9 Å². The minimum Gasteiger partial charge on any atom is -0.456 e. The molecule has 1 heterocycles. The number of aromatic nitrogens is 1. The van der Waals surface area contributed by atoms with E-state index in [1.807, 2.05) is 43.3 Å². The zero-order chi connectivity index (χ0) is 17.6. The van der Waals surface area contributed by atoms with Crippen LogP contribution in [0.15, 0.2) is 52.9 Å². The van der Waals surface area contributed by atoms with E-state index in [4.69, 9.17) is 9.15 Å². The molecule has 1 aromatic heterocycles. The van der Waals surface area contributed by atoms with Crippen LogP contribution >= 0.6 is 0 Å². The number of rotatable bonds is 6. The summed E-state index contributed by atoms with van der Waals surface area (Å²) in [5.41, 5.74) is 3.20. The summed E-state index contributed by atoms with van der Waals surface area (Å²) in [5, 5.41) is 2.67. The number of aryl methyl sites for hydroxylation is 2. The van der Waals surface area contributed by atoms with Crippen LogP contribution in [-0.4, -0.2) is 23.5 Å². The van der Waals surface area contributed by atoms with Gasteiger partial charge in [-0.2, -0.15) is 0 Å². The van der Waals surface area contributed by atoms with E-state index in [0.717, 1.165) is 11.1 Å². The van der Waals surface area contributed by atoms with Crippen molar-refractivity contribution in [2.75, 3.05) is 11.9 Å². The zero-order valence-corrected chi connectivity index (χ0v) is 13.8. The number of carbonyl (C=O) groups excluding carboxylic acids is 2. The van der Waals surface area contributed by atoms with Gasteiger partial charge in [0.25, 0.3) is 5.91 Å². The molecular weight excluding hydrogens is 320 g/mol. The van der Waals surface area contributed by atoms with Gasteiger partial charge in [0, 0.05) is 12.1 Å². The molecule has 3 aromatic rings. The molecule has 0 radical (unpaired) electrons. The first-order valence-electron chi connectivity index (χ1n) is 7.97. The number of nitrogens with zero attached hydrogens (tertiary/aromatic N) is 1. The van der Waals surface area contributed by atoms with Gasteiger partial charge in [0.1, 0.15) is 5.52 Å². The lowest BCUT2D eigenvalue weighted by molar-refractivity contribution is -0.147. The van der Waals surface area contributed by atoms with Crippen LogP contribution in [0.4, 0.5) is 5.69 Å². The Bertz CT molecular complexity index is 851. The summed E-state index contributed by atoms with van der Waals surface area (Å²) in [6, 6.07) is 14.8. The molecule has 3 rings (SSSR count). The monoisotopic (exact) mass is 338 g/mol. The molecule has 0 fully saturated rings. The standard InChI is InChI=1S/C19H18N2O4/c1-13-6-8-14(9-7-13)20-17(22)12-24-19(23)11-10-18-21-15-4-2-3-5-16(15)25-18/h2-9H,10-12H2,1H3,(H,20,22). The topological polar surface area (TPSA) is 81.4 Å². The van der Waals surface area contributed by atoms with Crippen molar-refractivity contribution in [2.45, 2.75) is 19.8 Å². The first-order chi connectivity index (χ1) is 12.1. The van der Waals surface area contributed by atoms with Crippen molar-refractivity contribution < 1.29 is 18.7 Å². The first-order valence-corrected chi connectivity index (χ1v) is 7.97. The number of fused-ring (bicyclic) bond motifs is 1. The average molecular weight is 338 g/mol. The highest BCUT2D eigenvalue weighted by Gasteiger charge is 2.11. The van der Waals surface area contributed by atoms with Gasteiger partial charge < -0.3 is 14.5 Å². The van der Waals surface area contributed by atoms with Crippen LogP contribution < -0.4 is 5.32 Å². The third-order valence-corrected chi connectivity index (χ3v) is 3.58. The molecule has 0 aliphatic heterocycles. The number of ether oxygens (including phenoxy) is 1. The molecular formula is C19H18N2O4. The molecule has 1 N–H and O–H groups in total. The highest BCUT2D eigenvalue weighted by atomic mass is 16.5. The van der Waals surface area contributed by atoms with Crippen molar-refractivity contribution in [1.29, 1.82) is 0 Å². The van der Waals surface area contributed by atoms with Crippen molar-refractivity contribution in [2.24, 2.45) is 0 Å². The molecule has 0 saturated heterocycles. The quantitative estimate of drug-likeness (QED) is 0.698. The van der Waals surface area contributed by atoms with Crippen LogP contribution in [-0.2, 0) is 20.7 Å². The molecule has 25 heavy (non-hydrogen) atoms. The smallest absolute Gasteiger partial charge is 0.306 e. The molecule has 0 bridgehead atoms. The number of hydrogen-bond acceptors (Lipinski definition) is 5. The van der Waals surface area contributed by atoms with Gasteiger partial charge in [-0.25, -0.2) is 4.98 Å². The summed E-state index contributed by atoms with van der Waals surface area (Å²) < 4.78 is 10.5. The lowest BCUT2D eigenvalue weighted by atomic mass is 10.2. The number of nitrogens with one attached hydrogen (secondary N) is 1. The van der Waals surface area contributed by atoms with Gasteiger partial charge in [-0.15, -0.1) is 0 Å². The normalized spacial score (nSPS) is 10.6. The lowest BCUT2D eigenvalue weighted by Gasteiger charge is -2.06. The average Bonchev–Trinajstić information content (AvgIpc) is 3.03. The SMILES string of the molecule is Cc1ccc(NC(=O)COC(=O)CCc2nc3ccccc3o2)cc1. The third-order valence-electron chi connectivity index (χ3n) is 3.58. The van der Waals surface area contributed by atoms with Gasteiger partial charge in [-0.05, 0) is 31.2 Å². The second kappa shape index (κ2) is 7.61. The van der Waals surface area contributed by atoms with Gasteiger partial charge in [-0.1, -0.05) is 29.8 Å². The number of carbonyl (C=O) groups is 2. The Morgan fingerprint density at radius 2 is 1.88 bits per heavy atom. The summed E-state index contributed by atoms with van der Waals surface area (Å²) in [6.45, 7) is 1.64. The van der Waals surface area contributed by atoms with Crippen LogP contribution in [0.5, 0.6) is 0 Å². The van der Waals surface area contributed by atoms with Crippen LogP contribution in [0.25, 0.3) is 11.1 Å². The highest BCUT2D eigenvalue weighted by Crippen LogP contribution is 2.15. The predicted molar refractivity (Wildman–Crippen MR) is 93.1 cm³/mol. The first kappa shape index (κ1) is 16.7. The Hall–Kier alpha value is -3.15. The summed E-state index contributed by atoms with van der Waals surface area (Å²) in [5.74, 6) is -0.373. The van der Waals surface area contributed by atoms with Gasteiger partial charge in [0.05, 0.1) is 6.42 Å². The predicted octanol–water partition coefficient (Wildman–Crippen LogP) is 3.25. The number of esters is 1. The summed E-state index contributed by atoms with van der Waals surface area (Å²) >= 11 is 0. The maximum absolute atomic E-state index is 11.8. The number of amides is 1. The van der Waals surface area contributed by atoms with Crippen molar-refractivity contribution >= 4 is 28.7 Å². The molecule has 0 aliphatic rings. The van der Waals surface area contributed by atoms with Crippen molar-refractivity contribution in [1.82, 2.24) is 4.98 Å². The fourth-order valence-electron chi connectivity index (χ4n) is 2.29. The maximum Gasteiger partial charge on any atom is 0.306 e. The molecule has 1 amide bonds. The second-order valence-corrected chi connectivity index (χ2v) is 5.65. The van der Waals surface area contributed by atoms with E-state index < -0.39 is 5.97 Å². The molecule has 2 aromatic carbocycles. The van der Waals surface area contributed by atoms with Crippen molar-refractivity contribution in [3.8, 4) is 0 Å². The van der Waals surface area contributed by atoms with Gasteiger partial charge >= 0.3 is 5.97 Å². The van der Waals surface area contributed by atoms with E-state index >= 15 is 0 Å². The molecule has 0 saturated carbocycles. The summed E-state index contributed by atoms with van der Waals surface area (Å²) in [4.78, 5) is 27.8. The minimum absolute atomic E-state index is 0.102. The molecule has 6 heteroatoms. The molecule has 128 valence electrons. The van der Waals surface area contributed by atoms with E-state index in [0.29, 0.717) is 23.6 Å². The van der Waals surface area contributed by atoms with Crippen molar-refractivity contribution in [3.63, 3.8) is 0 Å². The molecule has 0 aliphatic carbocycles. The number of anilines is 1. The number of benzene rings is 2. The van der Waals surface area contributed by atoms with E-state index in [1.165, 1.54) is 0 Å². The molecule has 0 unspecified atom stereocenters. The fourth-order valence-corrected chi connectivity index (χ4v) is 2.29.